The van der Waals surface area contributed by atoms with Crippen LogP contribution in [0.2, 0.25) is 0 Å². The lowest BCUT2D eigenvalue weighted by atomic mass is 9.76. The molecule has 0 amide bonds. The molecule has 0 saturated carbocycles. The number of nitrogens with two attached hydrogens (primary N) is 1. The van der Waals surface area contributed by atoms with Gasteiger partial charge in [-0.25, -0.2) is 0 Å². The summed E-state index contributed by atoms with van der Waals surface area (Å²) in [5, 5.41) is 0. The minimum atomic E-state index is 0.133. The number of rotatable bonds is 2. The topological polar surface area (TPSA) is 35.2 Å². The monoisotopic (exact) mass is 291 g/mol. The average molecular weight is 291 g/mol. The van der Waals surface area contributed by atoms with Crippen LogP contribution in [0.3, 0.4) is 0 Å². The number of ether oxygens (including phenoxy) is 1. The summed E-state index contributed by atoms with van der Waals surface area (Å²) < 4.78 is 6.18. The van der Waals surface area contributed by atoms with E-state index in [1.54, 1.807) is 0 Å². The molecule has 1 aromatic carbocycles. The predicted octanol–water partition coefficient (Wildman–Crippen LogP) is 3.69. The van der Waals surface area contributed by atoms with Gasteiger partial charge in [0.1, 0.15) is 0 Å². The average Bonchev–Trinajstić information content (AvgIpc) is 2.48. The Kier molecular flexibility index (Phi) is 4.39. The van der Waals surface area contributed by atoms with Gasteiger partial charge in [0.2, 0.25) is 0 Å². The smallest absolute Gasteiger partial charge is 0.0701 e. The molecule has 2 aliphatic rings. The summed E-state index contributed by atoms with van der Waals surface area (Å²) in [5.74, 6) is 3.05. The largest absolute Gasteiger partial charge is 0.375 e. The summed E-state index contributed by atoms with van der Waals surface area (Å²) in [6.45, 7) is 3.05. The van der Waals surface area contributed by atoms with Gasteiger partial charge in [-0.1, -0.05) is 24.3 Å². The minimum absolute atomic E-state index is 0.133. The Balaban J connectivity index is 1.75. The molecule has 0 aromatic heterocycles. The second-order valence-corrected chi connectivity index (χ2v) is 7.50. The zero-order chi connectivity index (χ0) is 14.0. The summed E-state index contributed by atoms with van der Waals surface area (Å²) in [6.07, 6.45) is 4.65. The lowest BCUT2D eigenvalue weighted by Crippen LogP contribution is -2.45. The van der Waals surface area contributed by atoms with Gasteiger partial charge >= 0.3 is 0 Å². The minimum Gasteiger partial charge on any atom is -0.375 e. The summed E-state index contributed by atoms with van der Waals surface area (Å²) in [4.78, 5) is 0. The van der Waals surface area contributed by atoms with Gasteiger partial charge < -0.3 is 10.5 Å². The first kappa shape index (κ1) is 14.4. The third-order valence-electron chi connectivity index (χ3n) is 4.99. The van der Waals surface area contributed by atoms with Crippen molar-refractivity contribution in [3.8, 4) is 0 Å². The van der Waals surface area contributed by atoms with E-state index in [0.717, 1.165) is 19.4 Å². The van der Waals surface area contributed by atoms with Crippen LogP contribution in [0.25, 0.3) is 0 Å². The number of thioether (sulfide) groups is 1. The van der Waals surface area contributed by atoms with Crippen LogP contribution in [0.4, 0.5) is 0 Å². The van der Waals surface area contributed by atoms with E-state index in [9.17, 15) is 0 Å². The van der Waals surface area contributed by atoms with Crippen LogP contribution in [0.1, 0.15) is 42.9 Å². The van der Waals surface area contributed by atoms with Crippen LogP contribution < -0.4 is 5.73 Å². The van der Waals surface area contributed by atoms with Crippen molar-refractivity contribution < 1.29 is 4.74 Å². The van der Waals surface area contributed by atoms with E-state index in [1.807, 2.05) is 0 Å². The van der Waals surface area contributed by atoms with Gasteiger partial charge in [0.05, 0.1) is 5.60 Å². The highest BCUT2D eigenvalue weighted by Gasteiger charge is 2.40. The molecule has 2 nitrogen and oxygen atoms in total. The SMILES string of the molecule is Cc1ccccc1C(N)C1CCOC2(CCSCC2)C1. The summed E-state index contributed by atoms with van der Waals surface area (Å²) in [7, 11) is 0. The molecule has 0 bridgehead atoms. The molecule has 20 heavy (non-hydrogen) atoms. The standard InChI is InChI=1S/C17H25NOS/c1-13-4-2-3-5-15(13)16(18)14-6-9-19-17(12-14)7-10-20-11-8-17/h2-5,14,16H,6-12,18H2,1H3. The number of aryl methyl sites for hydroxylation is 1. The molecule has 2 aliphatic heterocycles. The van der Waals surface area contributed by atoms with Gasteiger partial charge in [-0.3, -0.25) is 0 Å². The first-order valence-corrected chi connectivity index (χ1v) is 8.88. The number of hydrogen-bond acceptors (Lipinski definition) is 3. The van der Waals surface area contributed by atoms with Crippen molar-refractivity contribution in [1.82, 2.24) is 0 Å². The number of hydrogen-bond donors (Lipinski definition) is 1. The first-order chi connectivity index (χ1) is 9.70. The number of benzene rings is 1. The van der Waals surface area contributed by atoms with E-state index < -0.39 is 0 Å². The normalized spacial score (nSPS) is 27.4. The molecule has 2 atom stereocenters. The van der Waals surface area contributed by atoms with Gasteiger partial charge in [0.25, 0.3) is 0 Å². The second kappa shape index (κ2) is 6.08. The fourth-order valence-corrected chi connectivity index (χ4v) is 4.92. The van der Waals surface area contributed by atoms with E-state index in [-0.39, 0.29) is 11.6 Å². The first-order valence-electron chi connectivity index (χ1n) is 7.73. The molecule has 2 fully saturated rings. The third-order valence-corrected chi connectivity index (χ3v) is 5.98. The van der Waals surface area contributed by atoms with Crippen LogP contribution in [0.15, 0.2) is 24.3 Å². The maximum atomic E-state index is 6.60. The van der Waals surface area contributed by atoms with Crippen molar-refractivity contribution in [3.63, 3.8) is 0 Å². The lowest BCUT2D eigenvalue weighted by molar-refractivity contribution is -0.105. The van der Waals surface area contributed by atoms with E-state index >= 15 is 0 Å². The van der Waals surface area contributed by atoms with Crippen molar-refractivity contribution >= 4 is 11.8 Å². The van der Waals surface area contributed by atoms with E-state index in [2.05, 4.69) is 43.0 Å². The highest BCUT2D eigenvalue weighted by atomic mass is 32.2. The zero-order valence-corrected chi connectivity index (χ0v) is 13.1. The predicted molar refractivity (Wildman–Crippen MR) is 86.1 cm³/mol. The Bertz CT molecular complexity index is 451. The van der Waals surface area contributed by atoms with Crippen LogP contribution in [-0.4, -0.2) is 23.7 Å². The van der Waals surface area contributed by atoms with Crippen molar-refractivity contribution in [1.29, 1.82) is 0 Å². The zero-order valence-electron chi connectivity index (χ0n) is 12.3. The lowest BCUT2D eigenvalue weighted by Gasteiger charge is -2.45. The molecule has 3 heteroatoms. The van der Waals surface area contributed by atoms with Gasteiger partial charge in [-0.05, 0) is 61.2 Å². The summed E-state index contributed by atoms with van der Waals surface area (Å²) >= 11 is 2.06. The molecule has 2 heterocycles. The highest BCUT2D eigenvalue weighted by Crippen LogP contribution is 2.43. The van der Waals surface area contributed by atoms with Gasteiger partial charge in [0.15, 0.2) is 0 Å². The van der Waals surface area contributed by atoms with Crippen molar-refractivity contribution in [2.24, 2.45) is 11.7 Å². The molecule has 2 saturated heterocycles. The Morgan fingerprint density at radius 1 is 1.30 bits per heavy atom. The molecule has 110 valence electrons. The highest BCUT2D eigenvalue weighted by molar-refractivity contribution is 7.99. The molecule has 2 N–H and O–H groups in total. The van der Waals surface area contributed by atoms with E-state index in [0.29, 0.717) is 5.92 Å². The Morgan fingerprint density at radius 3 is 2.80 bits per heavy atom. The van der Waals surface area contributed by atoms with Crippen molar-refractivity contribution in [2.75, 3.05) is 18.1 Å². The molecule has 0 aliphatic carbocycles. The molecule has 3 rings (SSSR count). The fraction of sp³-hybridized carbons (Fsp3) is 0.647. The van der Waals surface area contributed by atoms with Crippen LogP contribution in [0, 0.1) is 12.8 Å². The molecular formula is C17H25NOS. The van der Waals surface area contributed by atoms with E-state index in [1.165, 1.54) is 35.5 Å². The molecule has 2 unspecified atom stereocenters. The third kappa shape index (κ3) is 2.90. The Morgan fingerprint density at radius 2 is 2.05 bits per heavy atom. The molecule has 1 spiro atoms. The summed E-state index contributed by atoms with van der Waals surface area (Å²) in [6, 6.07) is 8.72. The van der Waals surface area contributed by atoms with Crippen molar-refractivity contribution in [2.45, 2.75) is 44.2 Å². The van der Waals surface area contributed by atoms with Crippen LogP contribution >= 0.6 is 11.8 Å². The molecular weight excluding hydrogens is 266 g/mol. The second-order valence-electron chi connectivity index (χ2n) is 6.28. The molecule has 1 aromatic rings. The van der Waals surface area contributed by atoms with Crippen LogP contribution in [0.5, 0.6) is 0 Å². The summed E-state index contributed by atoms with van der Waals surface area (Å²) in [5.41, 5.74) is 9.37. The Labute approximate surface area is 126 Å². The fourth-order valence-electron chi connectivity index (χ4n) is 3.68. The van der Waals surface area contributed by atoms with Gasteiger partial charge in [0, 0.05) is 12.6 Å². The maximum absolute atomic E-state index is 6.60. The van der Waals surface area contributed by atoms with E-state index in [4.69, 9.17) is 10.5 Å². The maximum Gasteiger partial charge on any atom is 0.0701 e. The van der Waals surface area contributed by atoms with Crippen molar-refractivity contribution in [3.05, 3.63) is 35.4 Å². The Hall–Kier alpha value is -0.510. The quantitative estimate of drug-likeness (QED) is 0.902. The van der Waals surface area contributed by atoms with Gasteiger partial charge in [-0.15, -0.1) is 0 Å². The molecule has 0 radical (unpaired) electrons. The van der Waals surface area contributed by atoms with Crippen LogP contribution in [-0.2, 0) is 4.74 Å². The van der Waals surface area contributed by atoms with Gasteiger partial charge in [-0.2, -0.15) is 11.8 Å².